The highest BCUT2D eigenvalue weighted by atomic mass is 19.1. The molecule has 3 aromatic rings. The van der Waals surface area contributed by atoms with Gasteiger partial charge in [-0.3, -0.25) is 0 Å². The van der Waals surface area contributed by atoms with Gasteiger partial charge in [0.05, 0.1) is 23.6 Å². The second-order valence-corrected chi connectivity index (χ2v) is 8.93. The molecule has 0 unspecified atom stereocenters. The molecule has 2 heterocycles. The van der Waals surface area contributed by atoms with Crippen LogP contribution in [0.25, 0.3) is 11.3 Å². The van der Waals surface area contributed by atoms with Crippen molar-refractivity contribution in [1.82, 2.24) is 20.4 Å². The maximum Gasteiger partial charge on any atom is 0.318 e. The number of aryl methyl sites for hydroxylation is 1. The first kappa shape index (κ1) is 24.2. The number of aromatic nitrogens is 4. The molecular formula is C25H31F2N5O2. The van der Waals surface area contributed by atoms with Crippen LogP contribution in [0.1, 0.15) is 62.6 Å². The summed E-state index contributed by atoms with van der Waals surface area (Å²) in [4.78, 5) is 2.04. The van der Waals surface area contributed by atoms with Crippen LogP contribution in [-0.2, 0) is 10.2 Å². The van der Waals surface area contributed by atoms with Crippen LogP contribution < -0.4 is 4.90 Å². The van der Waals surface area contributed by atoms with Gasteiger partial charge >= 0.3 is 6.01 Å². The van der Waals surface area contributed by atoms with Gasteiger partial charge in [-0.25, -0.2) is 8.78 Å². The van der Waals surface area contributed by atoms with Crippen molar-refractivity contribution in [3.63, 3.8) is 0 Å². The van der Waals surface area contributed by atoms with E-state index < -0.39 is 11.6 Å². The first-order valence-electron chi connectivity index (χ1n) is 11.8. The highest BCUT2D eigenvalue weighted by molar-refractivity contribution is 5.62. The second-order valence-electron chi connectivity index (χ2n) is 8.93. The summed E-state index contributed by atoms with van der Waals surface area (Å²) >= 11 is 0. The molecule has 0 fully saturated rings. The molecule has 1 aliphatic rings. The summed E-state index contributed by atoms with van der Waals surface area (Å²) in [5, 5.41) is 17.2. The smallest absolute Gasteiger partial charge is 0.318 e. The van der Waals surface area contributed by atoms with Crippen molar-refractivity contribution in [3.8, 4) is 11.3 Å². The third-order valence-electron chi connectivity index (χ3n) is 6.97. The van der Waals surface area contributed by atoms with E-state index in [0.29, 0.717) is 31.6 Å². The molecule has 4 rings (SSSR count). The van der Waals surface area contributed by atoms with Crippen molar-refractivity contribution in [2.75, 3.05) is 31.7 Å². The molecule has 0 bridgehead atoms. The highest BCUT2D eigenvalue weighted by Crippen LogP contribution is 2.46. The molecule has 0 N–H and O–H groups in total. The summed E-state index contributed by atoms with van der Waals surface area (Å²) in [6.07, 6.45) is 3.58. The summed E-state index contributed by atoms with van der Waals surface area (Å²) in [6.45, 7) is 7.71. The lowest BCUT2D eigenvalue weighted by molar-refractivity contribution is 0.199. The number of rotatable bonds is 9. The monoisotopic (exact) mass is 471 g/mol. The van der Waals surface area contributed by atoms with E-state index in [1.54, 1.807) is 14.0 Å². The number of hydrogen-bond acceptors (Lipinski definition) is 7. The van der Waals surface area contributed by atoms with Crippen LogP contribution in [0.15, 0.2) is 28.7 Å². The van der Waals surface area contributed by atoms with E-state index in [0.717, 1.165) is 36.9 Å². The van der Waals surface area contributed by atoms with Crippen LogP contribution in [-0.4, -0.2) is 47.2 Å². The van der Waals surface area contributed by atoms with Crippen LogP contribution in [0.4, 0.5) is 14.8 Å². The van der Waals surface area contributed by atoms with Gasteiger partial charge in [-0.1, -0.05) is 25.0 Å². The maximum absolute atomic E-state index is 14.5. The number of hydrogen-bond donors (Lipinski definition) is 0. The Balaban J connectivity index is 1.78. The lowest BCUT2D eigenvalue weighted by Gasteiger charge is -2.42. The van der Waals surface area contributed by atoms with Crippen LogP contribution in [0, 0.1) is 18.6 Å². The molecule has 34 heavy (non-hydrogen) atoms. The van der Waals surface area contributed by atoms with Crippen molar-refractivity contribution >= 4 is 6.01 Å². The van der Waals surface area contributed by atoms with Gasteiger partial charge in [-0.05, 0) is 55.4 Å². The first-order chi connectivity index (χ1) is 16.4. The van der Waals surface area contributed by atoms with E-state index in [-0.39, 0.29) is 22.6 Å². The van der Waals surface area contributed by atoms with Gasteiger partial charge in [0.1, 0.15) is 11.6 Å². The number of halogens is 2. The summed E-state index contributed by atoms with van der Waals surface area (Å²) in [5.41, 5.74) is 1.66. The number of nitrogens with zero attached hydrogens (tertiary/aromatic N) is 5. The van der Waals surface area contributed by atoms with E-state index in [1.165, 1.54) is 18.2 Å². The number of methoxy groups -OCH3 is 1. The zero-order chi connectivity index (χ0) is 24.3. The van der Waals surface area contributed by atoms with E-state index in [9.17, 15) is 8.78 Å². The molecule has 1 aromatic carbocycles. The third-order valence-corrected chi connectivity index (χ3v) is 6.97. The maximum atomic E-state index is 14.5. The number of fused-ring (bicyclic) bond motifs is 1. The van der Waals surface area contributed by atoms with E-state index in [2.05, 4.69) is 34.2 Å². The molecule has 0 spiro atoms. The lowest BCUT2D eigenvalue weighted by Crippen LogP contribution is -2.45. The Labute approximate surface area is 198 Å². The zero-order valence-electron chi connectivity index (χ0n) is 20.1. The Bertz CT molecular complexity index is 1120. The third kappa shape index (κ3) is 4.53. The fraction of sp³-hybridized carbons (Fsp3) is 0.520. The van der Waals surface area contributed by atoms with E-state index in [4.69, 9.17) is 9.15 Å². The molecule has 0 amide bonds. The quantitative estimate of drug-likeness (QED) is 0.424. The standard InChI is InChI=1S/C25H31F2N5O2/c1-5-17-10-11-25(6-2,15-32(12-13-33-4)24-31-28-16(3)34-24)23-18(17)14-21(29-30-23)22-19(26)8-7-9-20(22)27/h7-9,14,17H,5-6,10-13,15H2,1-4H3/t17-,25+/m0/s1. The van der Waals surface area contributed by atoms with Crippen molar-refractivity contribution < 1.29 is 17.9 Å². The van der Waals surface area contributed by atoms with Crippen molar-refractivity contribution in [2.45, 2.75) is 57.8 Å². The Morgan fingerprint density at radius 3 is 2.53 bits per heavy atom. The first-order valence-corrected chi connectivity index (χ1v) is 11.8. The van der Waals surface area contributed by atoms with Gasteiger partial charge in [-0.2, -0.15) is 10.2 Å². The Morgan fingerprint density at radius 1 is 1.15 bits per heavy atom. The topological polar surface area (TPSA) is 77.2 Å². The molecule has 182 valence electrons. The Kier molecular flexibility index (Phi) is 7.21. The number of ether oxygens (including phenoxy) is 1. The van der Waals surface area contributed by atoms with E-state index >= 15 is 0 Å². The number of anilines is 1. The minimum atomic E-state index is -0.641. The molecule has 0 radical (unpaired) electrons. The normalized spacial score (nSPS) is 19.8. The van der Waals surface area contributed by atoms with Crippen molar-refractivity contribution in [1.29, 1.82) is 0 Å². The largest absolute Gasteiger partial charge is 0.408 e. The minimum Gasteiger partial charge on any atom is -0.408 e. The molecule has 7 nitrogen and oxygen atoms in total. The van der Waals surface area contributed by atoms with Crippen LogP contribution >= 0.6 is 0 Å². The van der Waals surface area contributed by atoms with Crippen LogP contribution in [0.3, 0.4) is 0 Å². The summed E-state index contributed by atoms with van der Waals surface area (Å²) in [6, 6.07) is 6.11. The second kappa shape index (κ2) is 10.1. The van der Waals surface area contributed by atoms with Gasteiger partial charge in [0.15, 0.2) is 0 Å². The predicted octanol–water partition coefficient (Wildman–Crippen LogP) is 5.20. The molecule has 0 saturated heterocycles. The van der Waals surface area contributed by atoms with Gasteiger partial charge in [-0.15, -0.1) is 5.10 Å². The zero-order valence-corrected chi connectivity index (χ0v) is 20.1. The summed E-state index contributed by atoms with van der Waals surface area (Å²) in [5.74, 6) is -0.541. The molecule has 0 aliphatic heterocycles. The van der Waals surface area contributed by atoms with Crippen molar-refractivity contribution in [2.24, 2.45) is 0 Å². The van der Waals surface area contributed by atoms with Gasteiger partial charge < -0.3 is 14.1 Å². The highest BCUT2D eigenvalue weighted by Gasteiger charge is 2.42. The fourth-order valence-electron chi connectivity index (χ4n) is 4.98. The number of benzene rings is 1. The average Bonchev–Trinajstić information content (AvgIpc) is 3.27. The average molecular weight is 472 g/mol. The Morgan fingerprint density at radius 2 is 1.91 bits per heavy atom. The molecule has 2 aromatic heterocycles. The SMILES string of the molecule is CC[C@H]1CC[C@](CC)(CN(CCOC)c2nnc(C)o2)c2nnc(-c3c(F)cccc3F)cc21. The summed E-state index contributed by atoms with van der Waals surface area (Å²) < 4.78 is 40.0. The van der Waals surface area contributed by atoms with Crippen LogP contribution in [0.2, 0.25) is 0 Å². The predicted molar refractivity (Wildman–Crippen MR) is 125 cm³/mol. The van der Waals surface area contributed by atoms with Gasteiger partial charge in [0.2, 0.25) is 5.89 Å². The molecule has 1 aliphatic carbocycles. The Hall–Kier alpha value is -2.94. The van der Waals surface area contributed by atoms with E-state index in [1.807, 2.05) is 11.0 Å². The van der Waals surface area contributed by atoms with Crippen LogP contribution in [0.5, 0.6) is 0 Å². The van der Waals surface area contributed by atoms with Crippen molar-refractivity contribution in [3.05, 3.63) is 53.0 Å². The van der Waals surface area contributed by atoms with Gasteiger partial charge in [0.25, 0.3) is 0 Å². The molecule has 2 atom stereocenters. The molecule has 0 saturated carbocycles. The minimum absolute atomic E-state index is 0.136. The molecular weight excluding hydrogens is 440 g/mol. The molecule has 9 heteroatoms. The fourth-order valence-corrected chi connectivity index (χ4v) is 4.98. The lowest BCUT2D eigenvalue weighted by atomic mass is 9.67. The van der Waals surface area contributed by atoms with Gasteiger partial charge in [0, 0.05) is 32.5 Å². The summed E-state index contributed by atoms with van der Waals surface area (Å²) in [7, 11) is 1.66.